The van der Waals surface area contributed by atoms with Crippen LogP contribution < -0.4 is 5.32 Å². The molecule has 0 radical (unpaired) electrons. The van der Waals surface area contributed by atoms with Crippen LogP contribution in [0.5, 0.6) is 0 Å². The summed E-state index contributed by atoms with van der Waals surface area (Å²) in [5, 5.41) is 4.30. The van der Waals surface area contributed by atoms with E-state index in [-0.39, 0.29) is 11.8 Å². The summed E-state index contributed by atoms with van der Waals surface area (Å²) in [4.78, 5) is 15.6. The second-order valence-electron chi connectivity index (χ2n) is 5.87. The lowest BCUT2D eigenvalue weighted by atomic mass is 9.97. The van der Waals surface area contributed by atoms with Crippen LogP contribution in [0.4, 0.5) is 0 Å². The minimum Gasteiger partial charge on any atom is -0.359 e. The number of H-pyrrole nitrogens is 1. The molecular weight excluding hydrogens is 260 g/mol. The summed E-state index contributed by atoms with van der Waals surface area (Å²) in [6.07, 6.45) is 4.09. The summed E-state index contributed by atoms with van der Waals surface area (Å²) >= 11 is 0. The smallest absolute Gasteiger partial charge is 0.223 e. The molecular formula is C18H26N2O. The Kier molecular flexibility index (Phi) is 5.43. The van der Waals surface area contributed by atoms with E-state index in [1.54, 1.807) is 0 Å². The molecule has 1 amide bonds. The van der Waals surface area contributed by atoms with Crippen LogP contribution in [0.25, 0.3) is 10.9 Å². The molecule has 0 atom stereocenters. The minimum absolute atomic E-state index is 0.165. The molecule has 1 heterocycles. The predicted octanol–water partition coefficient (Wildman–Crippen LogP) is 4.31. The van der Waals surface area contributed by atoms with Crippen LogP contribution in [0, 0.1) is 12.8 Å². The van der Waals surface area contributed by atoms with E-state index in [0.717, 1.165) is 42.5 Å². The van der Waals surface area contributed by atoms with Gasteiger partial charge in [0, 0.05) is 23.7 Å². The molecule has 0 aliphatic heterocycles. The van der Waals surface area contributed by atoms with Crippen molar-refractivity contribution in [1.82, 2.24) is 10.3 Å². The van der Waals surface area contributed by atoms with Gasteiger partial charge in [0.15, 0.2) is 0 Å². The number of hydrogen-bond donors (Lipinski definition) is 2. The van der Waals surface area contributed by atoms with Crippen LogP contribution in [0.2, 0.25) is 0 Å². The Morgan fingerprint density at radius 2 is 1.90 bits per heavy atom. The third kappa shape index (κ3) is 4.10. The van der Waals surface area contributed by atoms with Crippen molar-refractivity contribution in [2.24, 2.45) is 5.92 Å². The Morgan fingerprint density at radius 1 is 1.19 bits per heavy atom. The van der Waals surface area contributed by atoms with E-state index >= 15 is 0 Å². The van der Waals surface area contributed by atoms with Gasteiger partial charge in [-0.15, -0.1) is 0 Å². The number of amides is 1. The normalized spacial score (nSPS) is 11.2. The van der Waals surface area contributed by atoms with Gasteiger partial charge in [0.05, 0.1) is 0 Å². The molecule has 0 aliphatic carbocycles. The third-order valence-corrected chi connectivity index (χ3v) is 3.93. The molecule has 0 aliphatic rings. The molecule has 21 heavy (non-hydrogen) atoms. The van der Waals surface area contributed by atoms with Crippen molar-refractivity contribution in [2.45, 2.75) is 53.0 Å². The van der Waals surface area contributed by atoms with Crippen molar-refractivity contribution in [1.29, 1.82) is 0 Å². The van der Waals surface area contributed by atoms with Crippen molar-refractivity contribution < 1.29 is 4.79 Å². The fourth-order valence-electron chi connectivity index (χ4n) is 2.87. The standard InChI is InChI=1S/C18H26N2O/c1-4-6-15(7-5-2)18(21)19-12-14-8-9-17-16(11-14)10-13(3)20-17/h8-11,15,20H,4-7,12H2,1-3H3,(H,19,21). The van der Waals surface area contributed by atoms with E-state index in [0.29, 0.717) is 6.54 Å². The van der Waals surface area contributed by atoms with Crippen molar-refractivity contribution in [3.63, 3.8) is 0 Å². The van der Waals surface area contributed by atoms with Crippen molar-refractivity contribution in [3.05, 3.63) is 35.5 Å². The molecule has 2 rings (SSSR count). The van der Waals surface area contributed by atoms with Crippen LogP contribution in [0.15, 0.2) is 24.3 Å². The molecule has 114 valence electrons. The first-order valence-electron chi connectivity index (χ1n) is 8.00. The summed E-state index contributed by atoms with van der Waals surface area (Å²) in [5.74, 6) is 0.363. The lowest BCUT2D eigenvalue weighted by Gasteiger charge is -2.15. The zero-order valence-corrected chi connectivity index (χ0v) is 13.3. The first-order chi connectivity index (χ1) is 10.1. The van der Waals surface area contributed by atoms with Gasteiger partial charge in [-0.25, -0.2) is 0 Å². The molecule has 0 bridgehead atoms. The zero-order chi connectivity index (χ0) is 15.2. The first kappa shape index (κ1) is 15.6. The molecule has 1 aromatic heterocycles. The third-order valence-electron chi connectivity index (χ3n) is 3.93. The fourth-order valence-corrected chi connectivity index (χ4v) is 2.87. The number of carbonyl (C=O) groups is 1. The minimum atomic E-state index is 0.165. The number of hydrogen-bond acceptors (Lipinski definition) is 1. The molecule has 3 nitrogen and oxygen atoms in total. The molecule has 0 saturated carbocycles. The van der Waals surface area contributed by atoms with Crippen LogP contribution >= 0.6 is 0 Å². The lowest BCUT2D eigenvalue weighted by molar-refractivity contribution is -0.125. The van der Waals surface area contributed by atoms with Gasteiger partial charge in [-0.3, -0.25) is 4.79 Å². The lowest BCUT2D eigenvalue weighted by Crippen LogP contribution is -2.30. The highest BCUT2D eigenvalue weighted by Gasteiger charge is 2.15. The number of nitrogens with one attached hydrogen (secondary N) is 2. The quantitative estimate of drug-likeness (QED) is 0.782. The van der Waals surface area contributed by atoms with E-state index in [1.165, 1.54) is 5.39 Å². The van der Waals surface area contributed by atoms with E-state index in [9.17, 15) is 4.79 Å². The number of benzene rings is 1. The largest absolute Gasteiger partial charge is 0.359 e. The molecule has 0 unspecified atom stereocenters. The van der Waals surface area contributed by atoms with E-state index < -0.39 is 0 Å². The Bertz CT molecular complexity index is 594. The SMILES string of the molecule is CCCC(CCC)C(=O)NCc1ccc2[nH]c(C)cc2c1. The maximum absolute atomic E-state index is 12.2. The van der Waals surface area contributed by atoms with Crippen LogP contribution in [-0.4, -0.2) is 10.9 Å². The van der Waals surface area contributed by atoms with Crippen LogP contribution in [-0.2, 0) is 11.3 Å². The van der Waals surface area contributed by atoms with Gasteiger partial charge in [0.25, 0.3) is 0 Å². The Balaban J connectivity index is 1.98. The fraction of sp³-hybridized carbons (Fsp3) is 0.500. The summed E-state index contributed by atoms with van der Waals surface area (Å²) < 4.78 is 0. The van der Waals surface area contributed by atoms with E-state index in [4.69, 9.17) is 0 Å². The summed E-state index contributed by atoms with van der Waals surface area (Å²) in [5.41, 5.74) is 3.47. The summed E-state index contributed by atoms with van der Waals surface area (Å²) in [7, 11) is 0. The Morgan fingerprint density at radius 3 is 2.57 bits per heavy atom. The highest BCUT2D eigenvalue weighted by molar-refractivity contribution is 5.81. The molecule has 1 aromatic carbocycles. The number of aryl methyl sites for hydroxylation is 1. The van der Waals surface area contributed by atoms with E-state index in [1.807, 2.05) is 0 Å². The van der Waals surface area contributed by atoms with Gasteiger partial charge >= 0.3 is 0 Å². The second-order valence-corrected chi connectivity index (χ2v) is 5.87. The van der Waals surface area contributed by atoms with Gasteiger partial charge < -0.3 is 10.3 Å². The molecule has 2 aromatic rings. The molecule has 0 saturated heterocycles. The number of carbonyl (C=O) groups excluding carboxylic acids is 1. The molecule has 0 fully saturated rings. The summed E-state index contributed by atoms with van der Waals surface area (Å²) in [6.45, 7) is 6.95. The second kappa shape index (κ2) is 7.30. The van der Waals surface area contributed by atoms with Crippen molar-refractivity contribution in [2.75, 3.05) is 0 Å². The molecule has 3 heteroatoms. The van der Waals surface area contributed by atoms with Gasteiger partial charge in [-0.2, -0.15) is 0 Å². The van der Waals surface area contributed by atoms with Gasteiger partial charge in [-0.1, -0.05) is 32.8 Å². The van der Waals surface area contributed by atoms with Gasteiger partial charge in [0.1, 0.15) is 0 Å². The molecule has 2 N–H and O–H groups in total. The Hall–Kier alpha value is -1.77. The van der Waals surface area contributed by atoms with Gasteiger partial charge in [0.2, 0.25) is 5.91 Å². The number of rotatable bonds is 7. The number of aromatic nitrogens is 1. The number of fused-ring (bicyclic) bond motifs is 1. The van der Waals surface area contributed by atoms with Crippen LogP contribution in [0.1, 0.15) is 50.8 Å². The predicted molar refractivity (Wildman–Crippen MR) is 88.2 cm³/mol. The summed E-state index contributed by atoms with van der Waals surface area (Å²) in [6, 6.07) is 8.44. The van der Waals surface area contributed by atoms with Crippen LogP contribution in [0.3, 0.4) is 0 Å². The zero-order valence-electron chi connectivity index (χ0n) is 13.3. The maximum atomic E-state index is 12.2. The van der Waals surface area contributed by atoms with Crippen molar-refractivity contribution in [3.8, 4) is 0 Å². The average molecular weight is 286 g/mol. The van der Waals surface area contributed by atoms with Crippen molar-refractivity contribution >= 4 is 16.8 Å². The molecule has 0 spiro atoms. The Labute approximate surface area is 127 Å². The maximum Gasteiger partial charge on any atom is 0.223 e. The average Bonchev–Trinajstić information content (AvgIpc) is 2.83. The topological polar surface area (TPSA) is 44.9 Å². The highest BCUT2D eigenvalue weighted by Crippen LogP contribution is 2.17. The monoisotopic (exact) mass is 286 g/mol. The first-order valence-corrected chi connectivity index (χ1v) is 8.00. The number of aromatic amines is 1. The highest BCUT2D eigenvalue weighted by atomic mass is 16.1. The van der Waals surface area contributed by atoms with Gasteiger partial charge in [-0.05, 0) is 48.9 Å². The van der Waals surface area contributed by atoms with E-state index in [2.05, 4.69) is 55.3 Å².